The summed E-state index contributed by atoms with van der Waals surface area (Å²) in [6.45, 7) is 3.69. The number of nitrogens with one attached hydrogen (secondary N) is 1. The van der Waals surface area contributed by atoms with E-state index in [1.54, 1.807) is 0 Å². The fraction of sp³-hybridized carbons (Fsp3) is 0.385. The second-order valence-corrected chi connectivity index (χ2v) is 5.48. The third-order valence-electron chi connectivity index (χ3n) is 3.32. The smallest absolute Gasteiger partial charge is 0.238 e. The zero-order chi connectivity index (χ0) is 14.5. The van der Waals surface area contributed by atoms with Crippen LogP contribution in [0.3, 0.4) is 0 Å². The van der Waals surface area contributed by atoms with Crippen LogP contribution in [-0.4, -0.2) is 17.0 Å². The van der Waals surface area contributed by atoms with Crippen LogP contribution >= 0.6 is 22.6 Å². The van der Waals surface area contributed by atoms with Crippen molar-refractivity contribution in [1.29, 1.82) is 0 Å². The highest BCUT2D eigenvalue weighted by atomic mass is 127. The number of amidine groups is 1. The lowest BCUT2D eigenvalue weighted by Crippen LogP contribution is -2.46. The normalized spacial score (nSPS) is 12.3. The number of benzene rings is 1. The number of halogens is 1. The van der Waals surface area contributed by atoms with Crippen LogP contribution in [0.1, 0.15) is 26.7 Å². The molecule has 0 bridgehead atoms. The molecule has 0 spiro atoms. The lowest BCUT2D eigenvalue weighted by atomic mass is 9.80. The number of carbonyl (C=O) groups excluding carboxylic acids is 1. The maximum atomic E-state index is 12.4. The van der Waals surface area contributed by atoms with Crippen LogP contribution < -0.4 is 11.1 Å². The molecular formula is C13H18IN3O2. The molecule has 0 fully saturated rings. The molecule has 104 valence electrons. The highest BCUT2D eigenvalue weighted by Crippen LogP contribution is 2.29. The molecule has 6 heteroatoms. The van der Waals surface area contributed by atoms with E-state index in [1.807, 2.05) is 38.1 Å². The zero-order valence-electron chi connectivity index (χ0n) is 11.0. The standard InChI is InChI=1S/C13H18IN3O2/c1-3-13(4-2,11(15)17-19)12(18)16-10-7-5-6-9(14)8-10/h5-8,19H,3-4H2,1-2H3,(H2,15,17)(H,16,18). The Morgan fingerprint density at radius 2 is 2.11 bits per heavy atom. The van der Waals surface area contributed by atoms with Crippen molar-refractivity contribution < 1.29 is 10.0 Å². The molecule has 1 rings (SSSR count). The van der Waals surface area contributed by atoms with Gasteiger partial charge in [-0.3, -0.25) is 4.79 Å². The molecular weight excluding hydrogens is 357 g/mol. The Labute approximate surface area is 126 Å². The number of anilines is 1. The molecule has 0 aliphatic carbocycles. The van der Waals surface area contributed by atoms with Crippen LogP contribution in [0.15, 0.2) is 29.4 Å². The number of oxime groups is 1. The Morgan fingerprint density at radius 3 is 2.58 bits per heavy atom. The van der Waals surface area contributed by atoms with E-state index in [1.165, 1.54) is 0 Å². The van der Waals surface area contributed by atoms with Crippen molar-refractivity contribution in [1.82, 2.24) is 0 Å². The van der Waals surface area contributed by atoms with Crippen LogP contribution in [0.4, 0.5) is 5.69 Å². The van der Waals surface area contributed by atoms with E-state index >= 15 is 0 Å². The number of nitrogens with two attached hydrogens (primary N) is 1. The molecule has 0 radical (unpaired) electrons. The fourth-order valence-corrected chi connectivity index (χ4v) is 2.51. The van der Waals surface area contributed by atoms with E-state index in [9.17, 15) is 4.79 Å². The number of amides is 1. The van der Waals surface area contributed by atoms with Crippen LogP contribution in [0, 0.1) is 8.99 Å². The first-order chi connectivity index (χ1) is 9.00. The summed E-state index contributed by atoms with van der Waals surface area (Å²) in [5.74, 6) is -0.310. The second-order valence-electron chi connectivity index (χ2n) is 4.24. The molecule has 0 saturated heterocycles. The molecule has 0 aliphatic heterocycles. The molecule has 0 aromatic heterocycles. The van der Waals surface area contributed by atoms with Gasteiger partial charge in [-0.05, 0) is 53.6 Å². The molecule has 1 amide bonds. The Morgan fingerprint density at radius 1 is 1.47 bits per heavy atom. The van der Waals surface area contributed by atoms with E-state index in [0.29, 0.717) is 18.5 Å². The van der Waals surface area contributed by atoms with Gasteiger partial charge < -0.3 is 16.3 Å². The Hall–Kier alpha value is -1.31. The second kappa shape index (κ2) is 6.74. The SMILES string of the molecule is CCC(CC)(C(=O)Nc1cccc(I)c1)C(N)=NO. The van der Waals surface area contributed by atoms with Gasteiger partial charge in [0, 0.05) is 9.26 Å². The first kappa shape index (κ1) is 15.7. The number of carbonyl (C=O) groups is 1. The fourth-order valence-electron chi connectivity index (χ4n) is 1.96. The predicted octanol–water partition coefficient (Wildman–Crippen LogP) is 2.78. The highest BCUT2D eigenvalue weighted by molar-refractivity contribution is 14.1. The van der Waals surface area contributed by atoms with Crippen molar-refractivity contribution in [3.63, 3.8) is 0 Å². The Bertz CT molecular complexity index is 485. The van der Waals surface area contributed by atoms with E-state index in [-0.39, 0.29) is 11.7 Å². The van der Waals surface area contributed by atoms with Crippen molar-refractivity contribution in [2.45, 2.75) is 26.7 Å². The summed E-state index contributed by atoms with van der Waals surface area (Å²) in [5.41, 5.74) is 5.42. The summed E-state index contributed by atoms with van der Waals surface area (Å²) in [7, 11) is 0. The van der Waals surface area contributed by atoms with Gasteiger partial charge in [0.2, 0.25) is 5.91 Å². The van der Waals surface area contributed by atoms with E-state index in [2.05, 4.69) is 33.1 Å². The minimum atomic E-state index is -0.976. The lowest BCUT2D eigenvalue weighted by molar-refractivity contribution is -0.122. The quantitative estimate of drug-likeness (QED) is 0.243. The molecule has 1 aromatic rings. The summed E-state index contributed by atoms with van der Waals surface area (Å²) in [4.78, 5) is 12.4. The van der Waals surface area contributed by atoms with Gasteiger partial charge >= 0.3 is 0 Å². The van der Waals surface area contributed by atoms with Gasteiger partial charge in [-0.2, -0.15) is 0 Å². The summed E-state index contributed by atoms with van der Waals surface area (Å²) in [5, 5.41) is 14.7. The van der Waals surface area contributed by atoms with E-state index in [0.717, 1.165) is 3.57 Å². The highest BCUT2D eigenvalue weighted by Gasteiger charge is 2.39. The number of hydrogen-bond donors (Lipinski definition) is 3. The van der Waals surface area contributed by atoms with Crippen molar-refractivity contribution in [2.75, 3.05) is 5.32 Å². The molecule has 19 heavy (non-hydrogen) atoms. The minimum absolute atomic E-state index is 0.0550. The van der Waals surface area contributed by atoms with Gasteiger partial charge in [-0.25, -0.2) is 0 Å². The number of hydrogen-bond acceptors (Lipinski definition) is 3. The van der Waals surface area contributed by atoms with Gasteiger partial charge in [0.15, 0.2) is 5.84 Å². The maximum Gasteiger partial charge on any atom is 0.238 e. The number of rotatable bonds is 5. The molecule has 5 nitrogen and oxygen atoms in total. The zero-order valence-corrected chi connectivity index (χ0v) is 13.1. The summed E-state index contributed by atoms with van der Waals surface area (Å²) in [6.07, 6.45) is 0.935. The predicted molar refractivity (Wildman–Crippen MR) is 84.2 cm³/mol. The van der Waals surface area contributed by atoms with Crippen LogP contribution in [0.2, 0.25) is 0 Å². The Kier molecular flexibility index (Phi) is 5.59. The van der Waals surface area contributed by atoms with Gasteiger partial charge in [-0.15, -0.1) is 0 Å². The Balaban J connectivity index is 3.02. The van der Waals surface area contributed by atoms with Gasteiger partial charge in [0.1, 0.15) is 5.41 Å². The third kappa shape index (κ3) is 3.37. The summed E-state index contributed by atoms with van der Waals surface area (Å²) in [6, 6.07) is 7.47. The van der Waals surface area contributed by atoms with Crippen molar-refractivity contribution in [3.05, 3.63) is 27.8 Å². The molecule has 0 atom stereocenters. The van der Waals surface area contributed by atoms with Gasteiger partial charge in [0.25, 0.3) is 0 Å². The molecule has 0 unspecified atom stereocenters. The van der Waals surface area contributed by atoms with E-state index in [4.69, 9.17) is 10.9 Å². The van der Waals surface area contributed by atoms with E-state index < -0.39 is 5.41 Å². The maximum absolute atomic E-state index is 12.4. The van der Waals surface area contributed by atoms with Crippen molar-refractivity contribution >= 4 is 40.0 Å². The van der Waals surface area contributed by atoms with Crippen LogP contribution in [0.5, 0.6) is 0 Å². The first-order valence-corrected chi connectivity index (χ1v) is 7.13. The average Bonchev–Trinajstić information content (AvgIpc) is 2.40. The largest absolute Gasteiger partial charge is 0.409 e. The minimum Gasteiger partial charge on any atom is -0.409 e. The topological polar surface area (TPSA) is 87.7 Å². The number of nitrogens with zero attached hydrogens (tertiary/aromatic N) is 1. The van der Waals surface area contributed by atoms with Crippen LogP contribution in [0.25, 0.3) is 0 Å². The first-order valence-electron chi connectivity index (χ1n) is 6.05. The summed E-state index contributed by atoms with van der Waals surface area (Å²) < 4.78 is 1.03. The molecule has 0 saturated carbocycles. The molecule has 4 N–H and O–H groups in total. The summed E-state index contributed by atoms with van der Waals surface area (Å²) >= 11 is 2.17. The monoisotopic (exact) mass is 375 g/mol. The van der Waals surface area contributed by atoms with Gasteiger partial charge in [-0.1, -0.05) is 25.1 Å². The molecule has 0 aliphatic rings. The third-order valence-corrected chi connectivity index (χ3v) is 3.99. The molecule has 0 heterocycles. The van der Waals surface area contributed by atoms with Crippen molar-refractivity contribution in [2.24, 2.45) is 16.3 Å². The molecule has 1 aromatic carbocycles. The van der Waals surface area contributed by atoms with Gasteiger partial charge in [0.05, 0.1) is 0 Å². The average molecular weight is 375 g/mol. The van der Waals surface area contributed by atoms with Crippen LogP contribution in [-0.2, 0) is 4.79 Å². The lowest BCUT2D eigenvalue weighted by Gasteiger charge is -2.28. The van der Waals surface area contributed by atoms with Crippen molar-refractivity contribution in [3.8, 4) is 0 Å².